The number of hydrogen-bond donors (Lipinski definition) is 1. The molecule has 0 radical (unpaired) electrons. The van der Waals surface area contributed by atoms with Gasteiger partial charge in [-0.15, -0.1) is 0 Å². The molecule has 18 heavy (non-hydrogen) atoms. The molecule has 0 aliphatic carbocycles. The SMILES string of the molecule is C=C(/C=C/c1ccc(C#N)cc1)N1CCNCC1. The van der Waals surface area contributed by atoms with Crippen molar-refractivity contribution in [3.05, 3.63) is 53.7 Å². The largest absolute Gasteiger partial charge is 0.369 e. The molecule has 2 rings (SSSR count). The van der Waals surface area contributed by atoms with Crippen LogP contribution in [0.25, 0.3) is 6.08 Å². The number of rotatable bonds is 3. The lowest BCUT2D eigenvalue weighted by Gasteiger charge is -2.29. The lowest BCUT2D eigenvalue weighted by molar-refractivity contribution is 0.308. The molecule has 92 valence electrons. The Morgan fingerprint density at radius 2 is 1.94 bits per heavy atom. The molecule has 1 aromatic carbocycles. The van der Waals surface area contributed by atoms with Crippen molar-refractivity contribution in [1.82, 2.24) is 10.2 Å². The highest BCUT2D eigenvalue weighted by Crippen LogP contribution is 2.10. The molecule has 0 atom stereocenters. The maximum Gasteiger partial charge on any atom is 0.0991 e. The van der Waals surface area contributed by atoms with Gasteiger partial charge in [-0.2, -0.15) is 5.26 Å². The third-order valence-electron chi connectivity index (χ3n) is 3.03. The van der Waals surface area contributed by atoms with Crippen molar-refractivity contribution in [1.29, 1.82) is 5.26 Å². The fourth-order valence-electron chi connectivity index (χ4n) is 1.92. The summed E-state index contributed by atoms with van der Waals surface area (Å²) >= 11 is 0. The van der Waals surface area contributed by atoms with Crippen molar-refractivity contribution < 1.29 is 0 Å². The summed E-state index contributed by atoms with van der Waals surface area (Å²) in [6.45, 7) is 8.14. The van der Waals surface area contributed by atoms with E-state index < -0.39 is 0 Å². The summed E-state index contributed by atoms with van der Waals surface area (Å²) in [5.74, 6) is 0. The van der Waals surface area contributed by atoms with Gasteiger partial charge in [0.25, 0.3) is 0 Å². The Balaban J connectivity index is 1.96. The van der Waals surface area contributed by atoms with Crippen molar-refractivity contribution in [2.24, 2.45) is 0 Å². The molecule has 0 unspecified atom stereocenters. The monoisotopic (exact) mass is 239 g/mol. The van der Waals surface area contributed by atoms with Gasteiger partial charge in [0.2, 0.25) is 0 Å². The number of hydrogen-bond acceptors (Lipinski definition) is 3. The normalized spacial score (nSPS) is 15.6. The van der Waals surface area contributed by atoms with E-state index in [-0.39, 0.29) is 0 Å². The standard InChI is InChI=1S/C15H17N3/c1-13(18-10-8-17-9-11-18)2-3-14-4-6-15(12-16)7-5-14/h2-7,17H,1,8-11H2/b3-2+. The molecule has 3 nitrogen and oxygen atoms in total. The van der Waals surface area contributed by atoms with E-state index in [0.717, 1.165) is 37.4 Å². The summed E-state index contributed by atoms with van der Waals surface area (Å²) in [6, 6.07) is 9.66. The van der Waals surface area contributed by atoms with E-state index in [9.17, 15) is 0 Å². The first kappa shape index (κ1) is 12.4. The number of nitrogens with zero attached hydrogens (tertiary/aromatic N) is 2. The predicted molar refractivity (Wildman–Crippen MR) is 73.8 cm³/mol. The van der Waals surface area contributed by atoms with Gasteiger partial charge < -0.3 is 10.2 Å². The van der Waals surface area contributed by atoms with Gasteiger partial charge in [-0.1, -0.05) is 24.8 Å². The maximum atomic E-state index is 8.72. The van der Waals surface area contributed by atoms with Crippen molar-refractivity contribution in [3.63, 3.8) is 0 Å². The minimum absolute atomic E-state index is 0.688. The van der Waals surface area contributed by atoms with Gasteiger partial charge in [-0.3, -0.25) is 0 Å². The van der Waals surface area contributed by atoms with E-state index in [1.54, 1.807) is 0 Å². The molecule has 1 fully saturated rings. The molecule has 0 spiro atoms. The highest BCUT2D eigenvalue weighted by atomic mass is 15.2. The number of piperazine rings is 1. The Morgan fingerprint density at radius 1 is 1.28 bits per heavy atom. The molecule has 0 amide bonds. The molecule has 1 aliphatic rings. The molecule has 1 aliphatic heterocycles. The molecule has 1 N–H and O–H groups in total. The van der Waals surface area contributed by atoms with E-state index in [1.807, 2.05) is 36.4 Å². The zero-order valence-electron chi connectivity index (χ0n) is 10.4. The summed E-state index contributed by atoms with van der Waals surface area (Å²) in [5, 5.41) is 12.0. The third kappa shape index (κ3) is 3.22. The number of allylic oxidation sites excluding steroid dienone is 1. The Labute approximate surface area is 108 Å². The molecule has 0 saturated carbocycles. The number of nitriles is 1. The van der Waals surface area contributed by atoms with Gasteiger partial charge in [0.05, 0.1) is 11.6 Å². The molecular formula is C15H17N3. The highest BCUT2D eigenvalue weighted by Gasteiger charge is 2.08. The van der Waals surface area contributed by atoms with Gasteiger partial charge in [-0.25, -0.2) is 0 Å². The van der Waals surface area contributed by atoms with Crippen LogP contribution >= 0.6 is 0 Å². The van der Waals surface area contributed by atoms with E-state index in [1.165, 1.54) is 0 Å². The molecule has 0 aromatic heterocycles. The second kappa shape index (κ2) is 6.04. The second-order valence-electron chi connectivity index (χ2n) is 4.30. The Bertz CT molecular complexity index is 473. The zero-order chi connectivity index (χ0) is 12.8. The van der Waals surface area contributed by atoms with Crippen LogP contribution in [-0.4, -0.2) is 31.1 Å². The van der Waals surface area contributed by atoms with E-state index >= 15 is 0 Å². The molecule has 1 aromatic rings. The summed E-state index contributed by atoms with van der Waals surface area (Å²) in [4.78, 5) is 2.27. The van der Waals surface area contributed by atoms with Gasteiger partial charge in [0.15, 0.2) is 0 Å². The number of nitrogens with one attached hydrogen (secondary N) is 1. The maximum absolute atomic E-state index is 8.72. The summed E-state index contributed by atoms with van der Waals surface area (Å²) in [6.07, 6.45) is 4.07. The lowest BCUT2D eigenvalue weighted by atomic mass is 10.1. The third-order valence-corrected chi connectivity index (χ3v) is 3.03. The average molecular weight is 239 g/mol. The molecular weight excluding hydrogens is 222 g/mol. The fraction of sp³-hybridized carbons (Fsp3) is 0.267. The van der Waals surface area contributed by atoms with Crippen LogP contribution in [0.2, 0.25) is 0 Å². The fourth-order valence-corrected chi connectivity index (χ4v) is 1.92. The minimum atomic E-state index is 0.688. The van der Waals surface area contributed by atoms with Crippen LogP contribution in [0.1, 0.15) is 11.1 Å². The smallest absolute Gasteiger partial charge is 0.0991 e. The Hall–Kier alpha value is -2.05. The van der Waals surface area contributed by atoms with E-state index in [2.05, 4.69) is 22.9 Å². The summed E-state index contributed by atoms with van der Waals surface area (Å²) < 4.78 is 0. The first-order chi connectivity index (χ1) is 8.79. The minimum Gasteiger partial charge on any atom is -0.369 e. The van der Waals surface area contributed by atoms with Crippen LogP contribution in [0.5, 0.6) is 0 Å². The molecule has 0 bridgehead atoms. The van der Waals surface area contributed by atoms with Crippen molar-refractivity contribution >= 4 is 6.08 Å². The van der Waals surface area contributed by atoms with Crippen LogP contribution < -0.4 is 5.32 Å². The Kier molecular flexibility index (Phi) is 4.16. The number of benzene rings is 1. The van der Waals surface area contributed by atoms with Crippen LogP contribution in [0, 0.1) is 11.3 Å². The van der Waals surface area contributed by atoms with Gasteiger partial charge >= 0.3 is 0 Å². The summed E-state index contributed by atoms with van der Waals surface area (Å²) in [5.41, 5.74) is 2.82. The van der Waals surface area contributed by atoms with E-state index in [0.29, 0.717) is 5.56 Å². The molecule has 1 saturated heterocycles. The molecule has 1 heterocycles. The van der Waals surface area contributed by atoms with Crippen LogP contribution in [0.3, 0.4) is 0 Å². The Morgan fingerprint density at radius 3 is 2.56 bits per heavy atom. The van der Waals surface area contributed by atoms with Crippen LogP contribution in [0.4, 0.5) is 0 Å². The van der Waals surface area contributed by atoms with E-state index in [4.69, 9.17) is 5.26 Å². The van der Waals surface area contributed by atoms with Crippen LogP contribution in [-0.2, 0) is 0 Å². The van der Waals surface area contributed by atoms with Crippen molar-refractivity contribution in [2.75, 3.05) is 26.2 Å². The second-order valence-corrected chi connectivity index (χ2v) is 4.30. The summed E-state index contributed by atoms with van der Waals surface area (Å²) in [7, 11) is 0. The lowest BCUT2D eigenvalue weighted by Crippen LogP contribution is -2.42. The quantitative estimate of drug-likeness (QED) is 0.820. The van der Waals surface area contributed by atoms with Crippen molar-refractivity contribution in [2.45, 2.75) is 0 Å². The first-order valence-corrected chi connectivity index (χ1v) is 6.12. The highest BCUT2D eigenvalue weighted by molar-refractivity contribution is 5.53. The molecule has 3 heteroatoms. The van der Waals surface area contributed by atoms with Crippen molar-refractivity contribution in [3.8, 4) is 6.07 Å². The average Bonchev–Trinajstić information content (AvgIpc) is 2.46. The zero-order valence-corrected chi connectivity index (χ0v) is 10.4. The first-order valence-electron chi connectivity index (χ1n) is 6.12. The topological polar surface area (TPSA) is 39.1 Å². The van der Waals surface area contributed by atoms with Gasteiger partial charge in [0.1, 0.15) is 0 Å². The predicted octanol–water partition coefficient (Wildman–Crippen LogP) is 1.99. The van der Waals surface area contributed by atoms with Crippen LogP contribution in [0.15, 0.2) is 42.6 Å². The van der Waals surface area contributed by atoms with Gasteiger partial charge in [-0.05, 0) is 23.8 Å². The van der Waals surface area contributed by atoms with Gasteiger partial charge in [0, 0.05) is 31.9 Å².